The number of nitrogens with one attached hydrogen (secondary N) is 1. The summed E-state index contributed by atoms with van der Waals surface area (Å²) < 4.78 is 11.4. The zero-order chi connectivity index (χ0) is 15.4. The van der Waals surface area contributed by atoms with Crippen LogP contribution in [0.1, 0.15) is 11.1 Å². The molecule has 0 unspecified atom stereocenters. The highest BCUT2D eigenvalue weighted by molar-refractivity contribution is 9.10. The number of fused-ring (bicyclic) bond motifs is 1. The first-order valence-corrected chi connectivity index (χ1v) is 7.46. The van der Waals surface area contributed by atoms with E-state index in [0.717, 1.165) is 15.6 Å². The molecule has 1 aliphatic rings. The van der Waals surface area contributed by atoms with E-state index in [1.807, 2.05) is 36.4 Å². The molecule has 5 nitrogen and oxygen atoms in total. The molecule has 22 heavy (non-hydrogen) atoms. The zero-order valence-electron chi connectivity index (χ0n) is 11.6. The van der Waals surface area contributed by atoms with Crippen molar-refractivity contribution in [2.45, 2.75) is 6.42 Å². The molecule has 1 aliphatic heterocycles. The molecular weight excluding hydrogens is 348 g/mol. The first-order valence-electron chi connectivity index (χ1n) is 6.67. The van der Waals surface area contributed by atoms with Crippen LogP contribution in [0.25, 0.3) is 0 Å². The van der Waals surface area contributed by atoms with E-state index in [1.165, 1.54) is 0 Å². The molecule has 0 atom stereocenters. The Hall–Kier alpha value is -2.34. The van der Waals surface area contributed by atoms with Crippen LogP contribution >= 0.6 is 15.9 Å². The molecule has 0 fully saturated rings. The summed E-state index contributed by atoms with van der Waals surface area (Å²) >= 11 is 3.43. The van der Waals surface area contributed by atoms with Gasteiger partial charge in [-0.15, -0.1) is 0 Å². The quantitative estimate of drug-likeness (QED) is 0.673. The molecule has 0 aromatic heterocycles. The average Bonchev–Trinajstić information content (AvgIpc) is 2.95. The van der Waals surface area contributed by atoms with Gasteiger partial charge in [0.25, 0.3) is 0 Å². The number of amides is 1. The van der Waals surface area contributed by atoms with Gasteiger partial charge in [0, 0.05) is 10.0 Å². The maximum Gasteiger partial charge on any atom is 0.244 e. The Morgan fingerprint density at radius 1 is 1.23 bits per heavy atom. The monoisotopic (exact) mass is 360 g/mol. The Morgan fingerprint density at radius 3 is 2.73 bits per heavy atom. The summed E-state index contributed by atoms with van der Waals surface area (Å²) in [5, 5.41) is 3.97. The third-order valence-electron chi connectivity index (χ3n) is 3.09. The Bertz CT molecular complexity index is 717. The second-order valence-corrected chi connectivity index (χ2v) is 5.54. The van der Waals surface area contributed by atoms with Crippen LogP contribution in [0.4, 0.5) is 0 Å². The van der Waals surface area contributed by atoms with E-state index in [1.54, 1.807) is 12.3 Å². The van der Waals surface area contributed by atoms with E-state index in [4.69, 9.17) is 9.47 Å². The summed E-state index contributed by atoms with van der Waals surface area (Å²) in [5.41, 5.74) is 4.25. The van der Waals surface area contributed by atoms with Crippen molar-refractivity contribution in [3.8, 4) is 11.5 Å². The summed E-state index contributed by atoms with van der Waals surface area (Å²) in [6.07, 6.45) is 1.86. The van der Waals surface area contributed by atoms with Crippen molar-refractivity contribution in [1.82, 2.24) is 5.43 Å². The first kappa shape index (κ1) is 14.6. The van der Waals surface area contributed by atoms with Gasteiger partial charge in [-0.25, -0.2) is 5.43 Å². The smallest absolute Gasteiger partial charge is 0.244 e. The van der Waals surface area contributed by atoms with Crippen molar-refractivity contribution < 1.29 is 14.3 Å². The highest BCUT2D eigenvalue weighted by Gasteiger charge is 2.15. The maximum atomic E-state index is 11.8. The fourth-order valence-corrected chi connectivity index (χ4v) is 2.45. The zero-order valence-corrected chi connectivity index (χ0v) is 13.2. The van der Waals surface area contributed by atoms with E-state index in [2.05, 4.69) is 26.5 Å². The minimum Gasteiger partial charge on any atom is -0.454 e. The lowest BCUT2D eigenvalue weighted by Gasteiger charge is -2.02. The van der Waals surface area contributed by atoms with Gasteiger partial charge >= 0.3 is 0 Å². The van der Waals surface area contributed by atoms with Crippen LogP contribution in [0.5, 0.6) is 11.5 Å². The van der Waals surface area contributed by atoms with E-state index in [0.29, 0.717) is 17.9 Å². The van der Waals surface area contributed by atoms with E-state index in [-0.39, 0.29) is 12.7 Å². The average molecular weight is 361 g/mol. The minimum atomic E-state index is -0.167. The van der Waals surface area contributed by atoms with Gasteiger partial charge in [0.15, 0.2) is 11.5 Å². The number of rotatable bonds is 4. The van der Waals surface area contributed by atoms with Crippen molar-refractivity contribution in [1.29, 1.82) is 0 Å². The SMILES string of the molecule is O=C(Cc1ccccc1)N/N=C\c1cc2c(cc1Br)OCO2. The lowest BCUT2D eigenvalue weighted by molar-refractivity contribution is -0.120. The van der Waals surface area contributed by atoms with Crippen LogP contribution < -0.4 is 14.9 Å². The molecule has 0 aliphatic carbocycles. The predicted octanol–water partition coefficient (Wildman–Crippen LogP) is 2.87. The molecule has 2 aromatic carbocycles. The van der Waals surface area contributed by atoms with Gasteiger partial charge < -0.3 is 9.47 Å². The lowest BCUT2D eigenvalue weighted by Crippen LogP contribution is -2.19. The fraction of sp³-hybridized carbons (Fsp3) is 0.125. The van der Waals surface area contributed by atoms with Gasteiger partial charge in [-0.1, -0.05) is 30.3 Å². The second kappa shape index (κ2) is 6.62. The van der Waals surface area contributed by atoms with Crippen molar-refractivity contribution in [2.75, 3.05) is 6.79 Å². The van der Waals surface area contributed by atoms with Gasteiger partial charge in [-0.05, 0) is 33.6 Å². The number of nitrogens with zero attached hydrogens (tertiary/aromatic N) is 1. The van der Waals surface area contributed by atoms with Gasteiger partial charge in [-0.2, -0.15) is 5.10 Å². The number of benzene rings is 2. The number of ether oxygens (including phenoxy) is 2. The minimum absolute atomic E-state index is 0.167. The first-order chi connectivity index (χ1) is 10.7. The summed E-state index contributed by atoms with van der Waals surface area (Å²) in [6.45, 7) is 0.218. The van der Waals surface area contributed by atoms with Crippen LogP contribution in [0.2, 0.25) is 0 Å². The third kappa shape index (κ3) is 3.46. The molecule has 6 heteroatoms. The second-order valence-electron chi connectivity index (χ2n) is 4.68. The van der Waals surface area contributed by atoms with E-state index in [9.17, 15) is 4.79 Å². The van der Waals surface area contributed by atoms with E-state index < -0.39 is 0 Å². The largest absolute Gasteiger partial charge is 0.454 e. The normalized spacial score (nSPS) is 12.6. The summed E-state index contributed by atoms with van der Waals surface area (Å²) in [4.78, 5) is 11.8. The van der Waals surface area contributed by atoms with Crippen molar-refractivity contribution in [3.63, 3.8) is 0 Å². The number of hydrogen-bond donors (Lipinski definition) is 1. The Kier molecular flexibility index (Phi) is 4.39. The van der Waals surface area contributed by atoms with Crippen LogP contribution in [0, 0.1) is 0 Å². The number of hydrazone groups is 1. The molecule has 0 saturated heterocycles. The van der Waals surface area contributed by atoms with Crippen molar-refractivity contribution >= 4 is 28.1 Å². The van der Waals surface area contributed by atoms with Gasteiger partial charge in [0.05, 0.1) is 12.6 Å². The number of halogens is 1. The summed E-state index contributed by atoms with van der Waals surface area (Å²) in [5.74, 6) is 1.19. The molecule has 112 valence electrons. The predicted molar refractivity (Wildman–Crippen MR) is 86.1 cm³/mol. The van der Waals surface area contributed by atoms with Crippen LogP contribution in [0.3, 0.4) is 0 Å². The van der Waals surface area contributed by atoms with E-state index >= 15 is 0 Å². The highest BCUT2D eigenvalue weighted by atomic mass is 79.9. The molecule has 0 spiro atoms. The van der Waals surface area contributed by atoms with Gasteiger partial charge in [0.1, 0.15) is 0 Å². The maximum absolute atomic E-state index is 11.8. The number of hydrogen-bond acceptors (Lipinski definition) is 4. The van der Waals surface area contributed by atoms with Crippen molar-refractivity contribution in [2.24, 2.45) is 5.10 Å². The molecule has 0 saturated carbocycles. The fourth-order valence-electron chi connectivity index (χ4n) is 2.03. The number of carbonyl (C=O) groups excluding carboxylic acids is 1. The molecule has 1 amide bonds. The molecule has 2 aromatic rings. The molecule has 1 N–H and O–H groups in total. The van der Waals surface area contributed by atoms with Crippen molar-refractivity contribution in [3.05, 3.63) is 58.1 Å². The molecule has 0 radical (unpaired) electrons. The topological polar surface area (TPSA) is 59.9 Å². The molecule has 0 bridgehead atoms. The van der Waals surface area contributed by atoms with Gasteiger partial charge in [0.2, 0.25) is 12.7 Å². The third-order valence-corrected chi connectivity index (χ3v) is 3.78. The molecule has 1 heterocycles. The van der Waals surface area contributed by atoms with Crippen LogP contribution in [-0.4, -0.2) is 18.9 Å². The summed E-state index contributed by atoms with van der Waals surface area (Å²) in [6, 6.07) is 13.1. The standard InChI is InChI=1S/C16H13BrN2O3/c17-13-8-15-14(21-10-22-15)7-12(13)9-18-19-16(20)6-11-4-2-1-3-5-11/h1-5,7-9H,6,10H2,(H,19,20)/b18-9-. The van der Waals surface area contributed by atoms with Crippen LogP contribution in [0.15, 0.2) is 52.0 Å². The Labute approximate surface area is 136 Å². The molecular formula is C16H13BrN2O3. The Balaban J connectivity index is 1.61. The number of carbonyl (C=O) groups is 1. The summed E-state index contributed by atoms with van der Waals surface area (Å²) in [7, 11) is 0. The van der Waals surface area contributed by atoms with Gasteiger partial charge in [-0.3, -0.25) is 4.79 Å². The Morgan fingerprint density at radius 2 is 1.95 bits per heavy atom. The highest BCUT2D eigenvalue weighted by Crippen LogP contribution is 2.36. The van der Waals surface area contributed by atoms with Crippen LogP contribution in [-0.2, 0) is 11.2 Å². The molecule has 3 rings (SSSR count). The lowest BCUT2D eigenvalue weighted by atomic mass is 10.1.